The van der Waals surface area contributed by atoms with Crippen molar-refractivity contribution < 1.29 is 107 Å². The molecule has 20 nitrogen and oxygen atoms in total. The number of aromatic amines is 1. The van der Waals surface area contributed by atoms with E-state index in [4.69, 9.17) is 14.5 Å². The number of hydrogen-bond donors (Lipinski definition) is 8. The molecule has 9 atom stereocenters. The monoisotopic (exact) mass is 602 g/mol. The van der Waals surface area contributed by atoms with Gasteiger partial charge in [-0.25, -0.2) is 13.9 Å². The van der Waals surface area contributed by atoms with Crippen LogP contribution in [0.1, 0.15) is 6.23 Å². The largest absolute Gasteiger partial charge is 1.00 e. The van der Waals surface area contributed by atoms with Crippen molar-refractivity contribution in [2.75, 3.05) is 6.61 Å². The second-order valence-electron chi connectivity index (χ2n) is 7.33. The van der Waals surface area contributed by atoms with E-state index < -0.39 is 88.4 Å². The van der Waals surface area contributed by atoms with Crippen LogP contribution < -0.4 is 45.9 Å². The summed E-state index contributed by atoms with van der Waals surface area (Å²) in [6, 6.07) is 0.866. The number of aliphatic hydroxyl groups excluding tert-OH is 5. The number of phosphoric acid groups is 2. The summed E-state index contributed by atoms with van der Waals surface area (Å²) in [4.78, 5) is 64.9. The first-order valence-electron chi connectivity index (χ1n) is 9.73. The van der Waals surface area contributed by atoms with Crippen LogP contribution in [0.3, 0.4) is 0 Å². The van der Waals surface area contributed by atoms with Gasteiger partial charge in [0.2, 0.25) is 0 Å². The van der Waals surface area contributed by atoms with E-state index in [0.717, 1.165) is 12.3 Å². The van der Waals surface area contributed by atoms with Crippen LogP contribution in [0.25, 0.3) is 0 Å². The van der Waals surface area contributed by atoms with Gasteiger partial charge in [0.1, 0.15) is 42.7 Å². The zero-order valence-corrected chi connectivity index (χ0v) is 22.8. The average molecular weight is 602 g/mol. The number of carboxylic acid groups (broad SMARTS) is 1. The Kier molecular flexibility index (Phi) is 12.8. The molecule has 1 fully saturated rings. The van der Waals surface area contributed by atoms with E-state index in [9.17, 15) is 58.9 Å². The second kappa shape index (κ2) is 14.0. The van der Waals surface area contributed by atoms with Gasteiger partial charge in [-0.2, -0.15) is 4.31 Å². The Morgan fingerprint density at radius 2 is 1.79 bits per heavy atom. The predicted octanol–water partition coefficient (Wildman–Crippen LogP) is -9.19. The fourth-order valence-electron chi connectivity index (χ4n) is 2.94. The number of carboxylic acids is 1. The Morgan fingerprint density at radius 1 is 1.18 bits per heavy atom. The number of nitrogens with zero attached hydrogens (tertiary/aromatic N) is 1. The zero-order chi connectivity index (χ0) is 28.3. The van der Waals surface area contributed by atoms with Crippen molar-refractivity contribution >= 4 is 27.9 Å². The molecule has 0 bridgehead atoms. The van der Waals surface area contributed by atoms with Gasteiger partial charge in [-0.15, -0.1) is 0 Å². The van der Waals surface area contributed by atoms with Gasteiger partial charge in [-0.1, -0.05) is 0 Å². The first kappa shape index (κ1) is 34.9. The summed E-state index contributed by atoms with van der Waals surface area (Å²) in [5.74, 6) is -2.48. The van der Waals surface area contributed by atoms with Crippen molar-refractivity contribution in [3.05, 3.63) is 33.1 Å². The van der Waals surface area contributed by atoms with E-state index >= 15 is 0 Å². The molecule has 0 saturated carbocycles. The number of rotatable bonds is 13. The molecule has 8 N–H and O–H groups in total. The summed E-state index contributed by atoms with van der Waals surface area (Å²) in [7, 11) is -11.6. The Bertz CT molecular complexity index is 1180. The van der Waals surface area contributed by atoms with Crippen LogP contribution >= 0.6 is 15.6 Å². The number of nitrogens with one attached hydrogen (secondary N) is 1. The Morgan fingerprint density at radius 3 is 2.29 bits per heavy atom. The molecule has 1 unspecified atom stereocenters. The fourth-order valence-corrected chi connectivity index (χ4v) is 5.20. The van der Waals surface area contributed by atoms with Crippen molar-refractivity contribution in [3.63, 3.8) is 0 Å². The van der Waals surface area contributed by atoms with Crippen LogP contribution in [0, 0.1) is 0 Å². The fraction of sp³-hybridized carbons (Fsp3) is 0.600. The number of carbonyl (C=O) groups excluding carboxylic acids is 2. The number of phosphoric ester groups is 1. The maximum Gasteiger partial charge on any atom is 1.00 e. The van der Waals surface area contributed by atoms with Gasteiger partial charge in [0.05, 0.1) is 12.6 Å². The molecule has 1 aromatic heterocycles. The topological polar surface area (TPSA) is 325 Å². The minimum Gasteiger partial charge on any atom is -0.547 e. The molecule has 2 rings (SSSR count). The van der Waals surface area contributed by atoms with E-state index in [1.807, 2.05) is 4.98 Å². The van der Waals surface area contributed by atoms with E-state index in [0.29, 0.717) is 4.57 Å². The van der Waals surface area contributed by atoms with Gasteiger partial charge in [0.15, 0.2) is 12.5 Å². The number of aliphatic hydroxyl groups is 5. The second-order valence-corrected chi connectivity index (χ2v) is 10.3. The number of aldehydes is 1. The molecule has 1 aliphatic rings. The van der Waals surface area contributed by atoms with Crippen LogP contribution in [-0.2, 0) is 36.8 Å². The molecule has 0 spiro atoms. The SMILES string of the molecule is O=C[C@H](O)[C@@H](O)[C@H](O)[C@H](OP(=O)(OC[C@H]1O[C@@H](n2ccc(=O)[nH]c2=O)[C@H](O)[C@@H]1O)OP(=O)(O)O)C(=O)[O-].[Na+]. The van der Waals surface area contributed by atoms with Crippen LogP contribution in [0.2, 0.25) is 0 Å². The van der Waals surface area contributed by atoms with Crippen molar-refractivity contribution in [1.29, 1.82) is 0 Å². The number of H-pyrrole nitrogens is 1. The Hall–Kier alpha value is -1.16. The number of aromatic nitrogens is 2. The molecule has 0 amide bonds. The Balaban J connectivity index is 0.00000722. The number of carbonyl (C=O) groups is 2. The summed E-state index contributed by atoms with van der Waals surface area (Å²) in [5, 5.41) is 60.5. The van der Waals surface area contributed by atoms with E-state index in [1.54, 1.807) is 0 Å². The first-order chi connectivity index (χ1) is 17.0. The van der Waals surface area contributed by atoms with Gasteiger partial charge in [0, 0.05) is 12.3 Å². The third kappa shape index (κ3) is 8.93. The van der Waals surface area contributed by atoms with Gasteiger partial charge >= 0.3 is 50.9 Å². The number of hydrogen-bond acceptors (Lipinski definition) is 16. The molecule has 0 radical (unpaired) electrons. The van der Waals surface area contributed by atoms with Crippen LogP contribution in [-0.4, -0.2) is 106 Å². The van der Waals surface area contributed by atoms with Crippen molar-refractivity contribution in [1.82, 2.24) is 9.55 Å². The predicted molar refractivity (Wildman–Crippen MR) is 108 cm³/mol. The minimum atomic E-state index is -5.82. The molecular formula is C15H21N2NaO18P2. The molecule has 1 aromatic rings. The van der Waals surface area contributed by atoms with Gasteiger partial charge in [-0.05, 0) is 0 Å². The standard InChI is InChI=1S/C15H22N2O18P2.Na/c18-3-5(19)8(21)10(23)12(14(25)26)34-37(31,35-36(28,29)30)32-4-6-9(22)11(24)13(33-6)17-2-1-7(20)16-15(17)27;/h1-3,5-6,8-13,19,21-24H,4H2,(H,25,26)(H,16,20,27)(H2,28,29,30);/q;+1/p-1/t5-,6+,8+,9+,10-,11+,12-,13+,37?;/m0./s1. The quantitative estimate of drug-likeness (QED) is 0.0590. The number of aliphatic carboxylic acids is 1. The van der Waals surface area contributed by atoms with Crippen LogP contribution in [0.15, 0.2) is 21.9 Å². The first-order valence-corrected chi connectivity index (χ1v) is 12.7. The van der Waals surface area contributed by atoms with Crippen LogP contribution in [0.4, 0.5) is 0 Å². The van der Waals surface area contributed by atoms with Crippen LogP contribution in [0.5, 0.6) is 0 Å². The molecule has 0 aliphatic carbocycles. The van der Waals surface area contributed by atoms with Gasteiger partial charge in [0.25, 0.3) is 5.56 Å². The third-order valence-corrected chi connectivity index (χ3v) is 7.29. The van der Waals surface area contributed by atoms with E-state index in [2.05, 4.69) is 13.4 Å². The maximum absolute atomic E-state index is 12.8. The van der Waals surface area contributed by atoms with Gasteiger partial charge < -0.3 is 54.8 Å². The maximum atomic E-state index is 12.8. The molecule has 38 heavy (non-hydrogen) atoms. The minimum absolute atomic E-state index is 0. The summed E-state index contributed by atoms with van der Waals surface area (Å²) in [6.45, 7) is -1.24. The molecular weight excluding hydrogens is 581 g/mol. The van der Waals surface area contributed by atoms with Crippen molar-refractivity contribution in [3.8, 4) is 0 Å². The normalized spacial score (nSPS) is 26.4. The third-order valence-electron chi connectivity index (χ3n) is 4.69. The molecule has 2 heterocycles. The summed E-state index contributed by atoms with van der Waals surface area (Å²) in [5.41, 5.74) is -1.89. The average Bonchev–Trinajstić information content (AvgIpc) is 3.07. The molecule has 1 aliphatic heterocycles. The molecule has 210 valence electrons. The summed E-state index contributed by atoms with van der Waals surface area (Å²) < 4.78 is 42.7. The summed E-state index contributed by atoms with van der Waals surface area (Å²) in [6.07, 6.45) is -17.5. The van der Waals surface area contributed by atoms with Crippen molar-refractivity contribution in [2.24, 2.45) is 0 Å². The van der Waals surface area contributed by atoms with E-state index in [1.165, 1.54) is 0 Å². The smallest absolute Gasteiger partial charge is 0.547 e. The number of ether oxygens (including phenoxy) is 1. The van der Waals surface area contributed by atoms with E-state index in [-0.39, 0.29) is 35.8 Å². The Labute approximate surface area is 232 Å². The molecule has 1 saturated heterocycles. The molecule has 23 heteroatoms. The van der Waals surface area contributed by atoms with Gasteiger partial charge in [-0.3, -0.25) is 23.4 Å². The molecule has 0 aromatic carbocycles. The van der Waals surface area contributed by atoms with Crippen molar-refractivity contribution in [2.45, 2.75) is 49.0 Å². The summed E-state index contributed by atoms with van der Waals surface area (Å²) >= 11 is 0. The zero-order valence-electron chi connectivity index (χ0n) is 19.0.